The van der Waals surface area contributed by atoms with Crippen LogP contribution in [0.5, 0.6) is 0 Å². The molecule has 3 unspecified atom stereocenters. The lowest BCUT2D eigenvalue weighted by Crippen LogP contribution is -2.60. The summed E-state index contributed by atoms with van der Waals surface area (Å²) >= 11 is 0. The maximum Gasteiger partial charge on any atom is 0.331 e. The normalized spacial score (nSPS) is 32.9. The van der Waals surface area contributed by atoms with E-state index in [2.05, 4.69) is 12.2 Å². The van der Waals surface area contributed by atoms with Crippen molar-refractivity contribution in [2.24, 2.45) is 11.8 Å². The van der Waals surface area contributed by atoms with E-state index >= 15 is 0 Å². The molecular weight excluding hydrogens is 232 g/mol. The quantitative estimate of drug-likeness (QED) is 0.777. The minimum absolute atomic E-state index is 0.0278. The van der Waals surface area contributed by atoms with E-state index in [-0.39, 0.29) is 11.9 Å². The predicted molar refractivity (Wildman–Crippen MR) is 65.6 cm³/mol. The van der Waals surface area contributed by atoms with Gasteiger partial charge in [-0.05, 0) is 31.6 Å². The van der Waals surface area contributed by atoms with Crippen molar-refractivity contribution in [2.45, 2.75) is 52.0 Å². The molecule has 0 aromatic heterocycles. The van der Waals surface area contributed by atoms with Crippen LogP contribution in [0, 0.1) is 11.8 Å². The van der Waals surface area contributed by atoms with E-state index in [1.54, 1.807) is 0 Å². The number of barbiturate groups is 1. The fraction of sp³-hybridized carbons (Fsp3) is 0.769. The third-order valence-corrected chi connectivity index (χ3v) is 3.91. The van der Waals surface area contributed by atoms with E-state index < -0.39 is 17.9 Å². The summed E-state index contributed by atoms with van der Waals surface area (Å²) in [6, 6.07) is -0.559. The van der Waals surface area contributed by atoms with Crippen LogP contribution in [-0.4, -0.2) is 28.8 Å². The molecule has 0 aromatic rings. The minimum atomic E-state index is -0.677. The summed E-state index contributed by atoms with van der Waals surface area (Å²) in [6.45, 7) is 4.06. The first-order valence-corrected chi connectivity index (χ1v) is 6.72. The van der Waals surface area contributed by atoms with E-state index in [0.29, 0.717) is 12.3 Å². The first-order valence-electron chi connectivity index (χ1n) is 6.72. The zero-order chi connectivity index (χ0) is 13.3. The molecule has 2 aliphatic rings. The number of carbonyl (C=O) groups is 3. The second-order valence-electron chi connectivity index (χ2n) is 5.42. The molecule has 1 aliphatic heterocycles. The molecule has 1 saturated carbocycles. The van der Waals surface area contributed by atoms with Gasteiger partial charge in [-0.25, -0.2) is 4.79 Å². The molecule has 0 aromatic carbocycles. The highest BCUT2D eigenvalue weighted by atomic mass is 16.2. The molecule has 1 heterocycles. The van der Waals surface area contributed by atoms with E-state index in [0.717, 1.165) is 25.7 Å². The number of imide groups is 2. The maximum atomic E-state index is 12.3. The van der Waals surface area contributed by atoms with Crippen molar-refractivity contribution in [2.75, 3.05) is 0 Å². The number of carbonyl (C=O) groups excluding carboxylic acids is 3. The van der Waals surface area contributed by atoms with Crippen molar-refractivity contribution in [1.29, 1.82) is 0 Å². The highest BCUT2D eigenvalue weighted by Crippen LogP contribution is 2.31. The number of urea groups is 1. The van der Waals surface area contributed by atoms with Crippen molar-refractivity contribution < 1.29 is 14.4 Å². The highest BCUT2D eigenvalue weighted by Gasteiger charge is 2.44. The Labute approximate surface area is 107 Å². The van der Waals surface area contributed by atoms with Crippen LogP contribution in [0.2, 0.25) is 0 Å². The predicted octanol–water partition coefficient (Wildman–Crippen LogP) is 1.67. The van der Waals surface area contributed by atoms with Gasteiger partial charge in [0.15, 0.2) is 0 Å². The largest absolute Gasteiger partial charge is 0.331 e. The molecule has 5 nitrogen and oxygen atoms in total. The second-order valence-corrected chi connectivity index (χ2v) is 5.42. The summed E-state index contributed by atoms with van der Waals surface area (Å²) in [6.07, 6.45) is 4.01. The maximum absolute atomic E-state index is 12.3. The third-order valence-electron chi connectivity index (χ3n) is 3.91. The van der Waals surface area contributed by atoms with Crippen molar-refractivity contribution in [3.63, 3.8) is 0 Å². The van der Waals surface area contributed by atoms with Gasteiger partial charge in [0.25, 0.3) is 0 Å². The topological polar surface area (TPSA) is 66.5 Å². The Morgan fingerprint density at radius 3 is 2.56 bits per heavy atom. The van der Waals surface area contributed by atoms with Crippen LogP contribution >= 0.6 is 0 Å². The van der Waals surface area contributed by atoms with E-state index in [9.17, 15) is 14.4 Å². The van der Waals surface area contributed by atoms with Gasteiger partial charge < -0.3 is 0 Å². The van der Waals surface area contributed by atoms with Gasteiger partial charge in [0.1, 0.15) is 5.92 Å². The lowest BCUT2D eigenvalue weighted by molar-refractivity contribution is -0.144. The molecule has 0 spiro atoms. The third kappa shape index (κ3) is 2.26. The zero-order valence-electron chi connectivity index (χ0n) is 10.9. The van der Waals surface area contributed by atoms with Crippen LogP contribution in [-0.2, 0) is 9.59 Å². The Balaban J connectivity index is 2.15. The van der Waals surface area contributed by atoms with Crippen LogP contribution in [0.4, 0.5) is 4.79 Å². The number of hydrogen-bond acceptors (Lipinski definition) is 3. The minimum Gasteiger partial charge on any atom is -0.277 e. The number of hydrogen-bond donors (Lipinski definition) is 1. The Morgan fingerprint density at radius 2 is 2.00 bits per heavy atom. The van der Waals surface area contributed by atoms with Crippen molar-refractivity contribution in [3.8, 4) is 0 Å². The molecule has 0 radical (unpaired) electrons. The van der Waals surface area contributed by atoms with Gasteiger partial charge in [-0.15, -0.1) is 0 Å². The summed E-state index contributed by atoms with van der Waals surface area (Å²) in [5.41, 5.74) is 0. The van der Waals surface area contributed by atoms with Gasteiger partial charge in [-0.2, -0.15) is 0 Å². The van der Waals surface area contributed by atoms with Gasteiger partial charge in [-0.1, -0.05) is 20.3 Å². The van der Waals surface area contributed by atoms with Crippen molar-refractivity contribution in [3.05, 3.63) is 0 Å². The summed E-state index contributed by atoms with van der Waals surface area (Å²) in [4.78, 5) is 37.1. The molecule has 4 amide bonds. The van der Waals surface area contributed by atoms with Crippen LogP contribution in [0.15, 0.2) is 0 Å². The fourth-order valence-electron chi connectivity index (χ4n) is 2.93. The van der Waals surface area contributed by atoms with Crippen molar-refractivity contribution >= 4 is 17.8 Å². The molecule has 2 rings (SSSR count). The first-order chi connectivity index (χ1) is 8.54. The number of rotatable bonds is 3. The smallest absolute Gasteiger partial charge is 0.277 e. The SMILES string of the molecule is CCCC1C(=O)NC(=O)N(C2CCC(C)C2)C1=O. The highest BCUT2D eigenvalue weighted by molar-refractivity contribution is 6.16. The van der Waals surface area contributed by atoms with Gasteiger partial charge in [0, 0.05) is 6.04 Å². The average Bonchev–Trinajstić information content (AvgIpc) is 2.70. The monoisotopic (exact) mass is 252 g/mol. The average molecular weight is 252 g/mol. The van der Waals surface area contributed by atoms with Gasteiger partial charge in [-0.3, -0.25) is 19.8 Å². The van der Waals surface area contributed by atoms with E-state index in [1.807, 2.05) is 6.92 Å². The van der Waals surface area contributed by atoms with Gasteiger partial charge >= 0.3 is 6.03 Å². The Bertz CT molecular complexity index is 380. The Hall–Kier alpha value is -1.39. The molecule has 3 atom stereocenters. The van der Waals surface area contributed by atoms with Crippen molar-refractivity contribution in [1.82, 2.24) is 10.2 Å². The summed E-state index contributed by atoms with van der Waals surface area (Å²) < 4.78 is 0. The summed E-state index contributed by atoms with van der Waals surface area (Å²) in [7, 11) is 0. The number of amides is 4. The number of nitrogens with zero attached hydrogens (tertiary/aromatic N) is 1. The van der Waals surface area contributed by atoms with E-state index in [1.165, 1.54) is 4.90 Å². The van der Waals surface area contributed by atoms with Crippen LogP contribution in [0.3, 0.4) is 0 Å². The molecule has 1 saturated heterocycles. The molecule has 2 fully saturated rings. The molecule has 1 N–H and O–H groups in total. The second kappa shape index (κ2) is 5.08. The van der Waals surface area contributed by atoms with Crippen LogP contribution < -0.4 is 5.32 Å². The van der Waals surface area contributed by atoms with E-state index in [4.69, 9.17) is 0 Å². The molecule has 100 valence electrons. The molecule has 0 bridgehead atoms. The van der Waals surface area contributed by atoms with Gasteiger partial charge in [0.05, 0.1) is 0 Å². The summed E-state index contributed by atoms with van der Waals surface area (Å²) in [5, 5.41) is 2.31. The lowest BCUT2D eigenvalue weighted by atomic mass is 9.97. The standard InChI is InChI=1S/C13H20N2O3/c1-3-4-10-11(16)14-13(18)15(12(10)17)9-6-5-8(2)7-9/h8-10H,3-7H2,1-2H3,(H,14,16,18). The lowest BCUT2D eigenvalue weighted by Gasteiger charge is -2.34. The number of nitrogens with one attached hydrogen (secondary N) is 1. The zero-order valence-corrected chi connectivity index (χ0v) is 10.9. The Morgan fingerprint density at radius 1 is 1.28 bits per heavy atom. The fourth-order valence-corrected chi connectivity index (χ4v) is 2.93. The first kappa shape index (κ1) is 13.1. The van der Waals surface area contributed by atoms with Crippen LogP contribution in [0.25, 0.3) is 0 Å². The molecule has 5 heteroatoms. The Kier molecular flexibility index (Phi) is 3.68. The van der Waals surface area contributed by atoms with Gasteiger partial charge in [0.2, 0.25) is 11.8 Å². The summed E-state index contributed by atoms with van der Waals surface area (Å²) in [5.74, 6) is -0.875. The molecule has 1 aliphatic carbocycles. The van der Waals surface area contributed by atoms with Crippen LogP contribution in [0.1, 0.15) is 46.0 Å². The molecule has 18 heavy (non-hydrogen) atoms. The molecular formula is C13H20N2O3.